The molecular formula is C17H15ClN4O7S. The van der Waals surface area contributed by atoms with E-state index in [-0.39, 0.29) is 40.1 Å². The average Bonchev–Trinajstić information content (AvgIpc) is 2.68. The standard InChI is InChI=1S/C17H15ClN4O7S/c1-10(16(23)19-14-8-12(22(25)26)3-4-13(14)18)29-17(24)11-2-5-15-20-30(27,28)7-6-21(15)9-11/h2-5,8-10H,6-7H2,1H3,(H,19,23). The Morgan fingerprint density at radius 1 is 1.37 bits per heavy atom. The van der Waals surface area contributed by atoms with Gasteiger partial charge in [0.25, 0.3) is 21.6 Å². The van der Waals surface area contributed by atoms with Gasteiger partial charge < -0.3 is 15.0 Å². The van der Waals surface area contributed by atoms with Crippen LogP contribution in [0.15, 0.2) is 46.5 Å². The summed E-state index contributed by atoms with van der Waals surface area (Å²) in [5.41, 5.74) is -0.162. The lowest BCUT2D eigenvalue weighted by Gasteiger charge is -2.27. The first-order valence-corrected chi connectivity index (χ1v) is 10.5. The van der Waals surface area contributed by atoms with Gasteiger partial charge in [-0.2, -0.15) is 0 Å². The Balaban J connectivity index is 1.66. The van der Waals surface area contributed by atoms with E-state index in [0.29, 0.717) is 0 Å². The average molecular weight is 455 g/mol. The molecule has 0 saturated heterocycles. The second kappa shape index (κ2) is 8.24. The second-order valence-electron chi connectivity index (χ2n) is 6.30. The van der Waals surface area contributed by atoms with Crippen molar-refractivity contribution in [2.75, 3.05) is 17.6 Å². The summed E-state index contributed by atoms with van der Waals surface area (Å²) in [5.74, 6) is -1.56. The number of amidine groups is 1. The Hall–Kier alpha value is -3.25. The fourth-order valence-electron chi connectivity index (χ4n) is 2.56. The van der Waals surface area contributed by atoms with Crippen molar-refractivity contribution < 1.29 is 27.7 Å². The van der Waals surface area contributed by atoms with Crippen molar-refractivity contribution in [1.29, 1.82) is 0 Å². The topological polar surface area (TPSA) is 148 Å². The van der Waals surface area contributed by atoms with Crippen LogP contribution in [0.2, 0.25) is 5.02 Å². The van der Waals surface area contributed by atoms with E-state index in [0.717, 1.165) is 6.07 Å². The van der Waals surface area contributed by atoms with Gasteiger partial charge in [-0.1, -0.05) is 11.6 Å². The highest BCUT2D eigenvalue weighted by Crippen LogP contribution is 2.27. The Kier molecular flexibility index (Phi) is 5.89. The third-order valence-electron chi connectivity index (χ3n) is 4.13. The number of nitro groups is 1. The predicted molar refractivity (Wildman–Crippen MR) is 107 cm³/mol. The number of amides is 1. The van der Waals surface area contributed by atoms with Crippen molar-refractivity contribution in [3.05, 3.63) is 57.3 Å². The number of nitrogens with zero attached hydrogens (tertiary/aromatic N) is 3. The fraction of sp³-hybridized carbons (Fsp3) is 0.235. The van der Waals surface area contributed by atoms with Crippen molar-refractivity contribution in [3.8, 4) is 0 Å². The molecule has 13 heteroatoms. The van der Waals surface area contributed by atoms with Gasteiger partial charge in [0, 0.05) is 24.9 Å². The van der Waals surface area contributed by atoms with Gasteiger partial charge in [0.1, 0.15) is 5.84 Å². The minimum absolute atomic E-state index is 0.00548. The molecule has 0 aromatic heterocycles. The van der Waals surface area contributed by atoms with Crippen LogP contribution in [-0.4, -0.2) is 54.4 Å². The number of anilines is 1. The van der Waals surface area contributed by atoms with Gasteiger partial charge >= 0.3 is 5.97 Å². The summed E-state index contributed by atoms with van der Waals surface area (Å²) in [5, 5.41) is 13.3. The highest BCUT2D eigenvalue weighted by molar-refractivity contribution is 7.90. The SMILES string of the molecule is CC(OC(=O)C1=CN2CCS(=O)(=O)N=C2C=C1)C(=O)Nc1cc([N+](=O)[O-])ccc1Cl. The number of benzene rings is 1. The molecule has 2 aliphatic heterocycles. The van der Waals surface area contributed by atoms with Gasteiger partial charge in [0.05, 0.1) is 27.0 Å². The Bertz CT molecular complexity index is 1130. The molecule has 1 unspecified atom stereocenters. The number of carbonyl (C=O) groups is 2. The Labute approximate surface area is 175 Å². The number of nitro benzene ring substituents is 1. The zero-order valence-electron chi connectivity index (χ0n) is 15.4. The van der Waals surface area contributed by atoms with E-state index < -0.39 is 32.9 Å². The van der Waals surface area contributed by atoms with E-state index in [1.54, 1.807) is 0 Å². The first-order chi connectivity index (χ1) is 14.1. The van der Waals surface area contributed by atoms with Crippen LogP contribution in [0, 0.1) is 10.1 Å². The molecule has 2 aliphatic rings. The quantitative estimate of drug-likeness (QED) is 0.400. The lowest BCUT2D eigenvalue weighted by Crippen LogP contribution is -2.37. The molecule has 0 spiro atoms. The molecule has 30 heavy (non-hydrogen) atoms. The van der Waals surface area contributed by atoms with Crippen LogP contribution in [0.3, 0.4) is 0 Å². The summed E-state index contributed by atoms with van der Waals surface area (Å²) in [6.07, 6.45) is 2.85. The number of esters is 1. The monoisotopic (exact) mass is 454 g/mol. The van der Waals surface area contributed by atoms with Gasteiger partial charge in [-0.3, -0.25) is 14.9 Å². The molecule has 3 rings (SSSR count). The molecule has 0 aliphatic carbocycles. The van der Waals surface area contributed by atoms with Crippen molar-refractivity contribution in [3.63, 3.8) is 0 Å². The molecule has 11 nitrogen and oxygen atoms in total. The molecule has 1 N–H and O–H groups in total. The highest BCUT2D eigenvalue weighted by atomic mass is 35.5. The smallest absolute Gasteiger partial charge is 0.340 e. The molecule has 1 aromatic rings. The number of ether oxygens (including phenoxy) is 1. The highest BCUT2D eigenvalue weighted by Gasteiger charge is 2.27. The van der Waals surface area contributed by atoms with Crippen molar-refractivity contribution in [2.24, 2.45) is 4.40 Å². The van der Waals surface area contributed by atoms with E-state index in [9.17, 15) is 28.1 Å². The molecule has 158 valence electrons. The summed E-state index contributed by atoms with van der Waals surface area (Å²) >= 11 is 5.94. The van der Waals surface area contributed by atoms with Gasteiger partial charge in [0.15, 0.2) is 6.10 Å². The zero-order chi connectivity index (χ0) is 22.1. The van der Waals surface area contributed by atoms with Crippen LogP contribution in [-0.2, 0) is 24.3 Å². The molecule has 1 atom stereocenters. The van der Waals surface area contributed by atoms with Gasteiger partial charge in [-0.25, -0.2) is 13.2 Å². The lowest BCUT2D eigenvalue weighted by atomic mass is 10.2. The fourth-order valence-corrected chi connectivity index (χ4v) is 3.70. The number of nitrogens with one attached hydrogen (secondary N) is 1. The van der Waals surface area contributed by atoms with E-state index in [1.807, 2.05) is 0 Å². The molecular weight excluding hydrogens is 440 g/mol. The molecule has 0 saturated carbocycles. The normalized spacial score (nSPS) is 17.9. The minimum Gasteiger partial charge on any atom is -0.449 e. The van der Waals surface area contributed by atoms with Gasteiger partial charge in [-0.05, 0) is 25.1 Å². The molecule has 1 amide bonds. The summed E-state index contributed by atoms with van der Waals surface area (Å²) < 4.78 is 31.8. The maximum atomic E-state index is 12.4. The second-order valence-corrected chi connectivity index (χ2v) is 8.47. The lowest BCUT2D eigenvalue weighted by molar-refractivity contribution is -0.384. The van der Waals surface area contributed by atoms with Crippen LogP contribution in [0.1, 0.15) is 6.92 Å². The maximum absolute atomic E-state index is 12.4. The van der Waals surface area contributed by atoms with E-state index >= 15 is 0 Å². The van der Waals surface area contributed by atoms with Crippen LogP contribution in [0.25, 0.3) is 0 Å². The minimum atomic E-state index is -3.52. The first-order valence-electron chi connectivity index (χ1n) is 8.51. The largest absolute Gasteiger partial charge is 0.449 e. The van der Waals surface area contributed by atoms with Crippen LogP contribution < -0.4 is 5.32 Å². The van der Waals surface area contributed by atoms with Crippen molar-refractivity contribution in [1.82, 2.24) is 4.90 Å². The van der Waals surface area contributed by atoms with Crippen molar-refractivity contribution >= 4 is 50.7 Å². The van der Waals surface area contributed by atoms with E-state index in [2.05, 4.69) is 9.71 Å². The molecule has 0 fully saturated rings. The van der Waals surface area contributed by atoms with E-state index in [4.69, 9.17) is 16.3 Å². The molecule has 0 radical (unpaired) electrons. The number of carbonyl (C=O) groups excluding carboxylic acids is 2. The number of halogens is 1. The van der Waals surface area contributed by atoms with Crippen LogP contribution >= 0.6 is 11.6 Å². The van der Waals surface area contributed by atoms with Crippen LogP contribution in [0.5, 0.6) is 0 Å². The molecule has 2 heterocycles. The van der Waals surface area contributed by atoms with Gasteiger partial charge in [0.2, 0.25) is 0 Å². The van der Waals surface area contributed by atoms with Gasteiger partial charge in [-0.15, -0.1) is 4.40 Å². The third kappa shape index (κ3) is 4.83. The third-order valence-corrected chi connectivity index (χ3v) is 5.62. The first kappa shape index (κ1) is 21.5. The summed E-state index contributed by atoms with van der Waals surface area (Å²) in [6, 6.07) is 3.54. The summed E-state index contributed by atoms with van der Waals surface area (Å²) in [4.78, 5) is 36.4. The van der Waals surface area contributed by atoms with Crippen LogP contribution in [0.4, 0.5) is 11.4 Å². The van der Waals surface area contributed by atoms with E-state index in [1.165, 1.54) is 42.3 Å². The zero-order valence-corrected chi connectivity index (χ0v) is 17.0. The van der Waals surface area contributed by atoms with Crippen molar-refractivity contribution in [2.45, 2.75) is 13.0 Å². The Morgan fingerprint density at radius 3 is 2.80 bits per heavy atom. The predicted octanol–water partition coefficient (Wildman–Crippen LogP) is 1.62. The number of hydrogen-bond acceptors (Lipinski definition) is 8. The summed E-state index contributed by atoms with van der Waals surface area (Å²) in [6.45, 7) is 1.45. The number of non-ortho nitro benzene ring substituents is 1. The number of hydrogen-bond donors (Lipinski definition) is 1. The molecule has 1 aromatic carbocycles. The number of fused-ring (bicyclic) bond motifs is 1. The Morgan fingerprint density at radius 2 is 2.10 bits per heavy atom. The maximum Gasteiger partial charge on any atom is 0.340 e. The number of sulfonamides is 1. The molecule has 0 bridgehead atoms. The summed E-state index contributed by atoms with van der Waals surface area (Å²) in [7, 11) is -3.52. The number of rotatable bonds is 5.